The lowest BCUT2D eigenvalue weighted by Crippen LogP contribution is -2.39. The maximum absolute atomic E-state index is 12.4. The van der Waals surface area contributed by atoms with E-state index in [2.05, 4.69) is 5.32 Å². The molecule has 0 spiro atoms. The molecule has 2 rings (SSSR count). The van der Waals surface area contributed by atoms with Crippen LogP contribution in [0.5, 0.6) is 0 Å². The summed E-state index contributed by atoms with van der Waals surface area (Å²) in [4.78, 5) is 12.2. The Morgan fingerprint density at radius 2 is 2.00 bits per heavy atom. The van der Waals surface area contributed by atoms with Crippen LogP contribution in [0.25, 0.3) is 5.03 Å². The second-order valence-corrected chi connectivity index (χ2v) is 6.70. The summed E-state index contributed by atoms with van der Waals surface area (Å²) in [6.45, 7) is 2.37. The van der Waals surface area contributed by atoms with Gasteiger partial charge in [0.05, 0.1) is 9.93 Å². The molecule has 7 heteroatoms. The zero-order valence-electron chi connectivity index (χ0n) is 11.2. The number of nitrogens with one attached hydrogen (secondary N) is 1. The van der Waals surface area contributed by atoms with Crippen molar-refractivity contribution in [3.8, 4) is 0 Å². The van der Waals surface area contributed by atoms with Gasteiger partial charge in [0.25, 0.3) is 15.9 Å². The smallest absolute Gasteiger partial charge is 0.270 e. The molecule has 1 heterocycles. The van der Waals surface area contributed by atoms with Crippen LogP contribution in [-0.4, -0.2) is 32.2 Å². The summed E-state index contributed by atoms with van der Waals surface area (Å²) in [5.74, 6) is -0.488. The summed E-state index contributed by atoms with van der Waals surface area (Å²) in [7, 11) is -2.41. The molecular formula is C13H15ClN2O3S. The third-order valence-electron chi connectivity index (χ3n) is 3.04. The molecule has 0 radical (unpaired) electrons. The minimum Gasteiger partial charge on any atom is -0.351 e. The molecule has 0 bridgehead atoms. The molecule has 0 aromatic heterocycles. The number of amides is 1. The molecule has 1 aromatic carbocycles. The van der Waals surface area contributed by atoms with Crippen LogP contribution in [0.1, 0.15) is 18.9 Å². The summed E-state index contributed by atoms with van der Waals surface area (Å²) in [6.07, 6.45) is 0.754. The van der Waals surface area contributed by atoms with Crippen molar-refractivity contribution >= 4 is 32.6 Å². The normalized spacial score (nSPS) is 16.9. The van der Waals surface area contributed by atoms with E-state index < -0.39 is 15.9 Å². The summed E-state index contributed by atoms with van der Waals surface area (Å²) < 4.78 is 25.7. The SMILES string of the molecule is CCCNC(=O)C1=C(Cl)c2ccccc2S(=O)(=O)N1C. The Morgan fingerprint density at radius 3 is 2.65 bits per heavy atom. The highest BCUT2D eigenvalue weighted by molar-refractivity contribution is 7.89. The Kier molecular flexibility index (Phi) is 4.06. The van der Waals surface area contributed by atoms with Crippen LogP contribution in [-0.2, 0) is 14.8 Å². The quantitative estimate of drug-likeness (QED) is 0.924. The van der Waals surface area contributed by atoms with E-state index in [0.29, 0.717) is 12.1 Å². The summed E-state index contributed by atoms with van der Waals surface area (Å²) in [6, 6.07) is 6.37. The van der Waals surface area contributed by atoms with Crippen molar-refractivity contribution < 1.29 is 13.2 Å². The molecule has 5 nitrogen and oxygen atoms in total. The number of nitrogens with zero attached hydrogens (tertiary/aromatic N) is 1. The van der Waals surface area contributed by atoms with E-state index in [1.165, 1.54) is 13.1 Å². The molecule has 0 saturated heterocycles. The van der Waals surface area contributed by atoms with Gasteiger partial charge in [-0.2, -0.15) is 0 Å². The molecule has 20 heavy (non-hydrogen) atoms. The van der Waals surface area contributed by atoms with E-state index in [9.17, 15) is 13.2 Å². The average molecular weight is 315 g/mol. The largest absolute Gasteiger partial charge is 0.351 e. The van der Waals surface area contributed by atoms with Crippen molar-refractivity contribution in [2.24, 2.45) is 0 Å². The zero-order chi connectivity index (χ0) is 14.9. The first kappa shape index (κ1) is 14.9. The van der Waals surface area contributed by atoms with Crippen LogP contribution in [0.4, 0.5) is 0 Å². The molecule has 1 amide bonds. The molecule has 108 valence electrons. The minimum atomic E-state index is -3.74. The first-order valence-electron chi connectivity index (χ1n) is 6.17. The summed E-state index contributed by atoms with van der Waals surface area (Å²) in [5, 5.41) is 2.79. The molecule has 1 N–H and O–H groups in total. The van der Waals surface area contributed by atoms with Gasteiger partial charge >= 0.3 is 0 Å². The van der Waals surface area contributed by atoms with Gasteiger partial charge < -0.3 is 5.32 Å². The highest BCUT2D eigenvalue weighted by Gasteiger charge is 2.36. The van der Waals surface area contributed by atoms with Crippen LogP contribution < -0.4 is 5.32 Å². The lowest BCUT2D eigenvalue weighted by Gasteiger charge is -2.28. The van der Waals surface area contributed by atoms with Crippen molar-refractivity contribution in [1.29, 1.82) is 0 Å². The number of carbonyl (C=O) groups is 1. The lowest BCUT2D eigenvalue weighted by atomic mass is 10.1. The molecule has 1 aliphatic heterocycles. The van der Waals surface area contributed by atoms with Crippen molar-refractivity contribution in [1.82, 2.24) is 9.62 Å². The van der Waals surface area contributed by atoms with Gasteiger partial charge in [0.1, 0.15) is 5.70 Å². The number of rotatable bonds is 3. The van der Waals surface area contributed by atoms with E-state index >= 15 is 0 Å². The van der Waals surface area contributed by atoms with Crippen LogP contribution >= 0.6 is 11.6 Å². The van der Waals surface area contributed by atoms with Gasteiger partial charge in [0, 0.05) is 19.2 Å². The predicted molar refractivity (Wildman–Crippen MR) is 77.5 cm³/mol. The zero-order valence-corrected chi connectivity index (χ0v) is 12.8. The van der Waals surface area contributed by atoms with E-state index in [-0.39, 0.29) is 15.6 Å². The fraction of sp³-hybridized carbons (Fsp3) is 0.308. The van der Waals surface area contributed by atoms with E-state index in [0.717, 1.165) is 10.7 Å². The summed E-state index contributed by atoms with van der Waals surface area (Å²) >= 11 is 6.22. The first-order valence-corrected chi connectivity index (χ1v) is 7.99. The second-order valence-electron chi connectivity index (χ2n) is 4.39. The standard InChI is InChI=1S/C13H15ClN2O3S/c1-3-8-15-13(17)12-11(14)9-6-4-5-7-10(9)20(18,19)16(12)2/h4-7H,3,8H2,1-2H3,(H,15,17). The van der Waals surface area contributed by atoms with Crippen molar-refractivity contribution in [2.45, 2.75) is 18.2 Å². The average Bonchev–Trinajstić information content (AvgIpc) is 2.43. The molecule has 1 aliphatic rings. The number of hydrogen-bond donors (Lipinski definition) is 1. The number of halogens is 1. The lowest BCUT2D eigenvalue weighted by molar-refractivity contribution is -0.118. The Morgan fingerprint density at radius 1 is 1.35 bits per heavy atom. The first-order chi connectivity index (χ1) is 9.41. The number of likely N-dealkylation sites (N-methyl/N-ethyl adjacent to an activating group) is 1. The molecule has 0 aliphatic carbocycles. The molecule has 0 saturated carbocycles. The van der Waals surface area contributed by atoms with E-state index in [1.54, 1.807) is 18.2 Å². The maximum atomic E-state index is 12.4. The highest BCUT2D eigenvalue weighted by atomic mass is 35.5. The number of benzene rings is 1. The molecule has 0 atom stereocenters. The van der Waals surface area contributed by atoms with E-state index in [4.69, 9.17) is 11.6 Å². The summed E-state index contributed by atoms with van der Waals surface area (Å²) in [5.41, 5.74) is 0.313. The van der Waals surface area contributed by atoms with Crippen LogP contribution in [0.3, 0.4) is 0 Å². The van der Waals surface area contributed by atoms with Gasteiger partial charge in [-0.05, 0) is 12.5 Å². The highest BCUT2D eigenvalue weighted by Crippen LogP contribution is 2.37. The monoisotopic (exact) mass is 314 g/mol. The number of sulfonamides is 1. The van der Waals surface area contributed by atoms with Crippen LogP contribution in [0, 0.1) is 0 Å². The van der Waals surface area contributed by atoms with Crippen molar-refractivity contribution in [3.05, 3.63) is 35.5 Å². The predicted octanol–water partition coefficient (Wildman–Crippen LogP) is 1.75. The third-order valence-corrected chi connectivity index (χ3v) is 5.23. The topological polar surface area (TPSA) is 66.5 Å². The van der Waals surface area contributed by atoms with Gasteiger partial charge in [-0.3, -0.25) is 9.10 Å². The number of fused-ring (bicyclic) bond motifs is 1. The maximum Gasteiger partial charge on any atom is 0.270 e. The Hall–Kier alpha value is -1.53. The van der Waals surface area contributed by atoms with Gasteiger partial charge in [-0.25, -0.2) is 8.42 Å². The number of hydrogen-bond acceptors (Lipinski definition) is 3. The fourth-order valence-corrected chi connectivity index (χ4v) is 3.86. The molecule has 0 unspecified atom stereocenters. The molecule has 0 fully saturated rings. The Bertz CT molecular complexity index is 683. The second kappa shape index (κ2) is 5.46. The van der Waals surface area contributed by atoms with Crippen molar-refractivity contribution in [3.63, 3.8) is 0 Å². The Labute approximate surface area is 123 Å². The Balaban J connectivity index is 2.60. The van der Waals surface area contributed by atoms with Gasteiger partial charge in [0.15, 0.2) is 0 Å². The number of carbonyl (C=O) groups excluding carboxylic acids is 1. The minimum absolute atomic E-state index is 0.0428. The fourth-order valence-electron chi connectivity index (χ4n) is 1.97. The van der Waals surface area contributed by atoms with E-state index in [1.807, 2.05) is 6.92 Å². The van der Waals surface area contributed by atoms with Crippen LogP contribution in [0.2, 0.25) is 0 Å². The van der Waals surface area contributed by atoms with Gasteiger partial charge in [-0.1, -0.05) is 36.7 Å². The van der Waals surface area contributed by atoms with Gasteiger partial charge in [0.2, 0.25) is 0 Å². The third kappa shape index (κ3) is 2.29. The molecular weight excluding hydrogens is 300 g/mol. The van der Waals surface area contributed by atoms with Crippen molar-refractivity contribution in [2.75, 3.05) is 13.6 Å². The van der Waals surface area contributed by atoms with Gasteiger partial charge in [-0.15, -0.1) is 0 Å². The molecule has 1 aromatic rings. The van der Waals surface area contributed by atoms with Crippen LogP contribution in [0.15, 0.2) is 34.9 Å².